The first-order chi connectivity index (χ1) is 12.0. The summed E-state index contributed by atoms with van der Waals surface area (Å²) >= 11 is 0. The molecule has 2 aromatic rings. The van der Waals surface area contributed by atoms with Gasteiger partial charge in [0, 0.05) is 42.7 Å². The molecule has 0 unspecified atom stereocenters. The van der Waals surface area contributed by atoms with Crippen LogP contribution in [0.15, 0.2) is 24.4 Å². The number of phenolic OH excluding ortho intramolecular Hbond substituents is 1. The van der Waals surface area contributed by atoms with Gasteiger partial charge in [-0.1, -0.05) is 0 Å². The van der Waals surface area contributed by atoms with Crippen LogP contribution in [0, 0.1) is 0 Å². The smallest absolute Gasteiger partial charge is 0.315 e. The van der Waals surface area contributed by atoms with E-state index < -0.39 is 0 Å². The summed E-state index contributed by atoms with van der Waals surface area (Å²) in [5.41, 5.74) is 7.31. The number of carbonyl (C=O) groups is 2. The molecule has 1 aromatic carbocycles. The van der Waals surface area contributed by atoms with Crippen molar-refractivity contribution in [2.75, 3.05) is 13.1 Å². The third kappa shape index (κ3) is 4.04. The SMILES string of the molecule is NC(=O)N1CCC[C@H]1CCNC(=O)CCc1c[nH]c2ccc(O)cc12. The second kappa shape index (κ2) is 7.46. The van der Waals surface area contributed by atoms with Crippen LogP contribution in [0.25, 0.3) is 10.9 Å². The zero-order chi connectivity index (χ0) is 17.8. The van der Waals surface area contributed by atoms with Gasteiger partial charge >= 0.3 is 6.03 Å². The van der Waals surface area contributed by atoms with Crippen LogP contribution < -0.4 is 11.1 Å². The van der Waals surface area contributed by atoms with Crippen molar-refractivity contribution in [1.82, 2.24) is 15.2 Å². The third-order valence-electron chi connectivity index (χ3n) is 4.83. The Morgan fingerprint density at radius 1 is 1.40 bits per heavy atom. The number of aromatic nitrogens is 1. The molecule has 0 bridgehead atoms. The number of primary amides is 1. The average molecular weight is 344 g/mol. The van der Waals surface area contributed by atoms with Crippen molar-refractivity contribution in [2.45, 2.75) is 38.1 Å². The fourth-order valence-electron chi connectivity index (χ4n) is 3.51. The largest absolute Gasteiger partial charge is 0.508 e. The van der Waals surface area contributed by atoms with Crippen LogP contribution in [0.1, 0.15) is 31.2 Å². The van der Waals surface area contributed by atoms with Crippen molar-refractivity contribution >= 4 is 22.8 Å². The highest BCUT2D eigenvalue weighted by atomic mass is 16.3. The highest BCUT2D eigenvalue weighted by Gasteiger charge is 2.26. The quantitative estimate of drug-likeness (QED) is 0.641. The highest BCUT2D eigenvalue weighted by molar-refractivity contribution is 5.85. The number of aromatic amines is 1. The van der Waals surface area contributed by atoms with Crippen LogP contribution in [-0.4, -0.2) is 46.1 Å². The number of nitrogens with zero attached hydrogens (tertiary/aromatic N) is 1. The van der Waals surface area contributed by atoms with E-state index in [9.17, 15) is 14.7 Å². The van der Waals surface area contributed by atoms with Gasteiger partial charge in [-0.15, -0.1) is 0 Å². The second-order valence-electron chi connectivity index (χ2n) is 6.51. The van der Waals surface area contributed by atoms with Gasteiger partial charge in [0.15, 0.2) is 0 Å². The summed E-state index contributed by atoms with van der Waals surface area (Å²) in [5.74, 6) is 0.200. The zero-order valence-electron chi connectivity index (χ0n) is 14.1. The molecule has 0 saturated carbocycles. The number of fused-ring (bicyclic) bond motifs is 1. The van der Waals surface area contributed by atoms with Crippen LogP contribution in [0.2, 0.25) is 0 Å². The van der Waals surface area contributed by atoms with Crippen molar-refractivity contribution in [3.05, 3.63) is 30.0 Å². The molecule has 25 heavy (non-hydrogen) atoms. The Morgan fingerprint density at radius 2 is 2.24 bits per heavy atom. The van der Waals surface area contributed by atoms with Crippen LogP contribution in [0.3, 0.4) is 0 Å². The van der Waals surface area contributed by atoms with Gasteiger partial charge in [-0.2, -0.15) is 0 Å². The van der Waals surface area contributed by atoms with Crippen LogP contribution >= 0.6 is 0 Å². The highest BCUT2D eigenvalue weighted by Crippen LogP contribution is 2.24. The lowest BCUT2D eigenvalue weighted by atomic mass is 10.1. The number of nitrogens with two attached hydrogens (primary N) is 1. The van der Waals surface area contributed by atoms with Crippen molar-refractivity contribution < 1.29 is 14.7 Å². The van der Waals surface area contributed by atoms with Crippen molar-refractivity contribution in [1.29, 1.82) is 0 Å². The maximum Gasteiger partial charge on any atom is 0.315 e. The molecule has 3 amide bonds. The van der Waals surface area contributed by atoms with Crippen LogP contribution in [0.4, 0.5) is 4.79 Å². The lowest BCUT2D eigenvalue weighted by Gasteiger charge is -2.22. The number of aromatic hydroxyl groups is 1. The van der Waals surface area contributed by atoms with Gasteiger partial charge in [0.05, 0.1) is 0 Å². The first-order valence-corrected chi connectivity index (χ1v) is 8.66. The number of hydrogen-bond donors (Lipinski definition) is 4. The van der Waals surface area contributed by atoms with Gasteiger partial charge in [-0.3, -0.25) is 4.79 Å². The molecular formula is C18H24N4O3. The molecule has 0 spiro atoms. The average Bonchev–Trinajstić information content (AvgIpc) is 3.19. The third-order valence-corrected chi connectivity index (χ3v) is 4.83. The Labute approximate surface area is 146 Å². The van der Waals surface area contributed by atoms with Gasteiger partial charge in [0.2, 0.25) is 5.91 Å². The first kappa shape index (κ1) is 17.1. The van der Waals surface area contributed by atoms with Crippen molar-refractivity contribution in [2.24, 2.45) is 5.73 Å². The minimum absolute atomic E-state index is 0.0156. The van der Waals surface area contributed by atoms with Gasteiger partial charge in [-0.25, -0.2) is 4.79 Å². The Balaban J connectivity index is 1.45. The van der Waals surface area contributed by atoms with Gasteiger partial charge in [0.25, 0.3) is 0 Å². The monoisotopic (exact) mass is 344 g/mol. The predicted molar refractivity (Wildman–Crippen MR) is 95.2 cm³/mol. The first-order valence-electron chi connectivity index (χ1n) is 8.66. The summed E-state index contributed by atoms with van der Waals surface area (Å²) in [6.45, 7) is 1.25. The number of H-pyrrole nitrogens is 1. The van der Waals surface area contributed by atoms with Gasteiger partial charge in [-0.05, 0) is 49.4 Å². The van der Waals surface area contributed by atoms with Crippen LogP contribution in [0.5, 0.6) is 5.75 Å². The van der Waals surface area contributed by atoms with E-state index in [-0.39, 0.29) is 23.7 Å². The maximum atomic E-state index is 12.1. The van der Waals surface area contributed by atoms with E-state index in [0.29, 0.717) is 25.9 Å². The topological polar surface area (TPSA) is 111 Å². The molecule has 1 aliphatic rings. The number of carbonyl (C=O) groups excluding carboxylic acids is 2. The molecule has 3 rings (SSSR count). The number of rotatable bonds is 6. The Hall–Kier alpha value is -2.70. The van der Waals surface area contributed by atoms with Crippen molar-refractivity contribution in [3.8, 4) is 5.75 Å². The number of nitrogens with one attached hydrogen (secondary N) is 2. The number of urea groups is 1. The zero-order valence-corrected chi connectivity index (χ0v) is 14.1. The summed E-state index contributed by atoms with van der Waals surface area (Å²) in [5, 5.41) is 13.5. The molecule has 7 heteroatoms. The van der Waals surface area contributed by atoms with E-state index in [4.69, 9.17) is 5.73 Å². The number of hydrogen-bond acceptors (Lipinski definition) is 3. The molecule has 5 N–H and O–H groups in total. The van der Waals surface area contributed by atoms with Crippen molar-refractivity contribution in [3.63, 3.8) is 0 Å². The molecule has 134 valence electrons. The standard InChI is InChI=1S/C18H24N4O3/c19-18(25)22-9-1-2-13(22)7-8-20-17(24)6-3-12-11-21-16-5-4-14(23)10-15(12)16/h4-5,10-11,13,21,23H,1-3,6-9H2,(H2,19,25)(H,20,24)/t13-/m0/s1. The summed E-state index contributed by atoms with van der Waals surface area (Å²) < 4.78 is 0. The number of likely N-dealkylation sites (tertiary alicyclic amines) is 1. The summed E-state index contributed by atoms with van der Waals surface area (Å²) in [6.07, 6.45) is 5.50. The molecule has 7 nitrogen and oxygen atoms in total. The fraction of sp³-hybridized carbons (Fsp3) is 0.444. The molecule has 1 aromatic heterocycles. The molecule has 0 radical (unpaired) electrons. The number of phenols is 1. The maximum absolute atomic E-state index is 12.1. The Morgan fingerprint density at radius 3 is 3.04 bits per heavy atom. The molecular weight excluding hydrogens is 320 g/mol. The lowest BCUT2D eigenvalue weighted by molar-refractivity contribution is -0.121. The molecule has 1 aliphatic heterocycles. The molecule has 1 fully saturated rings. The number of amides is 3. The lowest BCUT2D eigenvalue weighted by Crippen LogP contribution is -2.41. The minimum atomic E-state index is -0.378. The van der Waals surface area contributed by atoms with Gasteiger partial charge in [0.1, 0.15) is 5.75 Å². The summed E-state index contributed by atoms with van der Waals surface area (Å²) in [7, 11) is 0. The number of aryl methyl sites for hydroxylation is 1. The van der Waals surface area contributed by atoms with Crippen LogP contribution in [-0.2, 0) is 11.2 Å². The Bertz CT molecular complexity index is 771. The van der Waals surface area contributed by atoms with Gasteiger partial charge < -0.3 is 26.0 Å². The predicted octanol–water partition coefficient (Wildman–Crippen LogP) is 1.86. The minimum Gasteiger partial charge on any atom is -0.508 e. The van der Waals surface area contributed by atoms with E-state index >= 15 is 0 Å². The Kier molecular flexibility index (Phi) is 5.11. The van der Waals surface area contributed by atoms with E-state index in [1.165, 1.54) is 0 Å². The molecule has 1 atom stereocenters. The molecule has 1 saturated heterocycles. The number of benzene rings is 1. The summed E-state index contributed by atoms with van der Waals surface area (Å²) in [4.78, 5) is 28.2. The molecule has 0 aliphatic carbocycles. The molecule has 2 heterocycles. The van der Waals surface area contributed by atoms with E-state index in [1.807, 2.05) is 12.3 Å². The fourth-order valence-corrected chi connectivity index (χ4v) is 3.51. The second-order valence-corrected chi connectivity index (χ2v) is 6.51. The van der Waals surface area contributed by atoms with E-state index in [2.05, 4.69) is 10.3 Å². The van der Waals surface area contributed by atoms with E-state index in [0.717, 1.165) is 35.7 Å². The van der Waals surface area contributed by atoms with E-state index in [1.54, 1.807) is 17.0 Å². The normalized spacial score (nSPS) is 17.1. The summed E-state index contributed by atoms with van der Waals surface area (Å²) in [6, 6.07) is 4.91.